The summed E-state index contributed by atoms with van der Waals surface area (Å²) >= 11 is 0. The third-order valence-electron chi connectivity index (χ3n) is 11.8. The number of rotatable bonds is 10. The first kappa shape index (κ1) is 28.4. The highest BCUT2D eigenvalue weighted by Crippen LogP contribution is 2.57. The summed E-state index contributed by atoms with van der Waals surface area (Å²) in [5.41, 5.74) is 2.44. The van der Waals surface area contributed by atoms with Gasteiger partial charge in [-0.25, -0.2) is 4.79 Å². The number of ether oxygens (including phenoxy) is 1. The highest BCUT2D eigenvalue weighted by atomic mass is 16.5. The second kappa shape index (κ2) is 10.7. The lowest BCUT2D eigenvalue weighted by Crippen LogP contribution is -2.47. The number of Topliss-reactive ketones (excluding diaryl/α,β-unsaturated/α-hetero) is 1. The van der Waals surface area contributed by atoms with E-state index in [1.54, 1.807) is 12.1 Å². The molecule has 43 heavy (non-hydrogen) atoms. The topological polar surface area (TPSA) is 118 Å². The smallest absolute Gasteiger partial charge is 0.329 e. The molecule has 6 fully saturated rings. The first-order chi connectivity index (χ1) is 20.7. The Morgan fingerprint density at radius 2 is 1.30 bits per heavy atom. The van der Waals surface area contributed by atoms with Crippen molar-refractivity contribution in [3.63, 3.8) is 0 Å². The van der Waals surface area contributed by atoms with Crippen molar-refractivity contribution in [3.05, 3.63) is 34.9 Å². The standard InChI is InChI=1S/C34H40N2O7/c1-17-6-7-19(13-18(17)2)25(37)16-43-34(42)24(36-32(40)28-22-10-11-23(15-22)29(28)33(36)41)5-3-4-12-35-30(38)26-20-8-9-21(14-20)27(26)31(35)39/h6-7,13,20-24,26-29H,3-5,8-12,14-16H2,1-2H3/t20-,21-,22-,23-,24-,26-,27+,28-,29+/m0/s1. The largest absolute Gasteiger partial charge is 0.456 e. The van der Waals surface area contributed by atoms with Gasteiger partial charge in [-0.1, -0.05) is 12.1 Å². The second-order valence-electron chi connectivity index (χ2n) is 14.0. The van der Waals surface area contributed by atoms with Crippen molar-refractivity contribution < 1.29 is 33.5 Å². The summed E-state index contributed by atoms with van der Waals surface area (Å²) in [4.78, 5) is 82.3. The van der Waals surface area contributed by atoms with Crippen LogP contribution in [-0.4, -0.2) is 64.4 Å². The van der Waals surface area contributed by atoms with E-state index < -0.39 is 18.6 Å². The summed E-state index contributed by atoms with van der Waals surface area (Å²) in [6, 6.07) is 4.17. The number of hydrogen-bond donors (Lipinski definition) is 0. The fraction of sp³-hybridized carbons (Fsp3) is 0.647. The fourth-order valence-corrected chi connectivity index (χ4v) is 9.62. The zero-order chi connectivity index (χ0) is 30.2. The van der Waals surface area contributed by atoms with Crippen molar-refractivity contribution in [3.8, 4) is 0 Å². The number of likely N-dealkylation sites (tertiary alicyclic amines) is 2. The monoisotopic (exact) mass is 588 g/mol. The SMILES string of the molecule is Cc1ccc(C(=O)COC(=O)[C@H](CCCCN2C(=O)[C@@H]3[C@H]4CC[C@@H](C4)[C@@H]3C2=O)N2C(=O)[C@@H]3[C@H]4CC[C@@H](C4)[C@@H]3C2=O)cc1C. The van der Waals surface area contributed by atoms with E-state index in [-0.39, 0.29) is 77.9 Å². The van der Waals surface area contributed by atoms with Crippen LogP contribution in [0.15, 0.2) is 18.2 Å². The Kier molecular flexibility index (Phi) is 7.05. The van der Waals surface area contributed by atoms with E-state index in [1.807, 2.05) is 19.9 Å². The van der Waals surface area contributed by atoms with Gasteiger partial charge in [0, 0.05) is 12.1 Å². The van der Waals surface area contributed by atoms with Crippen molar-refractivity contribution in [1.29, 1.82) is 0 Å². The maximum absolute atomic E-state index is 13.6. The molecule has 228 valence electrons. The number of amides is 4. The summed E-state index contributed by atoms with van der Waals surface area (Å²) in [6.45, 7) is 3.65. The number of benzene rings is 1. The van der Waals surface area contributed by atoms with E-state index in [1.165, 1.54) is 4.90 Å². The third-order valence-corrected chi connectivity index (χ3v) is 11.8. The van der Waals surface area contributed by atoms with Crippen LogP contribution in [0.5, 0.6) is 0 Å². The van der Waals surface area contributed by atoms with Crippen LogP contribution in [-0.2, 0) is 28.7 Å². The number of ketones is 1. The Morgan fingerprint density at radius 3 is 1.84 bits per heavy atom. The normalized spacial score (nSPS) is 34.4. The molecular formula is C34H40N2O7. The molecule has 0 aromatic heterocycles. The van der Waals surface area contributed by atoms with Gasteiger partial charge in [0.1, 0.15) is 6.04 Å². The molecule has 0 spiro atoms. The maximum Gasteiger partial charge on any atom is 0.329 e. The first-order valence-electron chi connectivity index (χ1n) is 16.1. The average Bonchev–Trinajstić information content (AvgIpc) is 3.84. The van der Waals surface area contributed by atoms with Crippen molar-refractivity contribution in [2.45, 2.75) is 77.7 Å². The zero-order valence-electron chi connectivity index (χ0n) is 25.0. The number of carbonyl (C=O) groups excluding carboxylic acids is 6. The van der Waals surface area contributed by atoms with Gasteiger partial charge in [0.15, 0.2) is 12.4 Å². The minimum Gasteiger partial charge on any atom is -0.456 e. The lowest BCUT2D eigenvalue weighted by Gasteiger charge is -2.26. The summed E-state index contributed by atoms with van der Waals surface area (Å²) in [5, 5.41) is 0. The number of carbonyl (C=O) groups is 6. The highest BCUT2D eigenvalue weighted by molar-refractivity contribution is 6.09. The molecule has 4 aliphatic carbocycles. The van der Waals surface area contributed by atoms with Gasteiger partial charge in [-0.15, -0.1) is 0 Å². The molecular weight excluding hydrogens is 548 g/mol. The molecule has 7 rings (SSSR count). The van der Waals surface area contributed by atoms with Crippen LogP contribution in [0.2, 0.25) is 0 Å². The quantitative estimate of drug-likeness (QED) is 0.177. The van der Waals surface area contributed by atoms with Gasteiger partial charge in [-0.3, -0.25) is 33.8 Å². The van der Waals surface area contributed by atoms with Gasteiger partial charge in [0.2, 0.25) is 23.6 Å². The third kappa shape index (κ3) is 4.48. The Hall–Kier alpha value is -3.36. The summed E-state index contributed by atoms with van der Waals surface area (Å²) < 4.78 is 5.48. The van der Waals surface area contributed by atoms with E-state index in [2.05, 4.69) is 0 Å². The minimum atomic E-state index is -1.13. The number of unbranched alkanes of at least 4 members (excludes halogenated alkanes) is 1. The molecule has 0 unspecified atom stereocenters. The molecule has 1 aromatic carbocycles. The van der Waals surface area contributed by atoms with Gasteiger partial charge in [0.05, 0.1) is 23.7 Å². The Labute approximate surface area is 251 Å². The van der Waals surface area contributed by atoms with Crippen LogP contribution in [0.4, 0.5) is 0 Å². The zero-order valence-corrected chi connectivity index (χ0v) is 25.0. The van der Waals surface area contributed by atoms with Gasteiger partial charge >= 0.3 is 5.97 Å². The Balaban J connectivity index is 1.02. The number of fused-ring (bicyclic) bond motifs is 10. The van der Waals surface area contributed by atoms with Crippen LogP contribution in [0, 0.1) is 61.2 Å². The lowest BCUT2D eigenvalue weighted by molar-refractivity contribution is -0.159. The number of aryl methyl sites for hydroxylation is 2. The summed E-state index contributed by atoms with van der Waals surface area (Å²) in [7, 11) is 0. The Bertz CT molecular complexity index is 1360. The summed E-state index contributed by atoms with van der Waals surface area (Å²) in [6.07, 6.45) is 6.83. The molecule has 0 N–H and O–H groups in total. The number of hydrogen-bond acceptors (Lipinski definition) is 7. The van der Waals surface area contributed by atoms with Crippen LogP contribution in [0.25, 0.3) is 0 Å². The van der Waals surface area contributed by atoms with Gasteiger partial charge in [-0.05, 0) is 112 Å². The van der Waals surface area contributed by atoms with Gasteiger partial charge < -0.3 is 4.74 Å². The van der Waals surface area contributed by atoms with Crippen molar-refractivity contribution in [1.82, 2.24) is 9.80 Å². The number of nitrogens with zero attached hydrogens (tertiary/aromatic N) is 2. The van der Waals surface area contributed by atoms with Crippen molar-refractivity contribution in [2.24, 2.45) is 47.3 Å². The predicted octanol–water partition coefficient (Wildman–Crippen LogP) is 3.63. The Morgan fingerprint density at radius 1 is 0.767 bits per heavy atom. The lowest BCUT2D eigenvalue weighted by atomic mass is 9.81. The average molecular weight is 589 g/mol. The molecule has 0 radical (unpaired) electrons. The van der Waals surface area contributed by atoms with E-state index in [0.717, 1.165) is 54.6 Å². The molecule has 4 amide bonds. The van der Waals surface area contributed by atoms with Crippen LogP contribution < -0.4 is 0 Å². The van der Waals surface area contributed by atoms with Gasteiger partial charge in [0.25, 0.3) is 0 Å². The molecule has 1 aromatic rings. The molecule has 2 saturated heterocycles. The molecule has 4 bridgehead atoms. The van der Waals surface area contributed by atoms with Gasteiger partial charge in [-0.2, -0.15) is 0 Å². The second-order valence-corrected chi connectivity index (χ2v) is 14.0. The van der Waals surface area contributed by atoms with Crippen molar-refractivity contribution in [2.75, 3.05) is 13.2 Å². The van der Waals surface area contributed by atoms with E-state index in [0.29, 0.717) is 30.2 Å². The van der Waals surface area contributed by atoms with Crippen molar-refractivity contribution >= 4 is 35.4 Å². The molecule has 2 aliphatic heterocycles. The molecule has 9 nitrogen and oxygen atoms in total. The molecule has 4 saturated carbocycles. The molecule has 2 heterocycles. The summed E-state index contributed by atoms with van der Waals surface area (Å²) in [5.74, 6) is -1.88. The highest BCUT2D eigenvalue weighted by Gasteiger charge is 2.63. The minimum absolute atomic E-state index is 0.0591. The first-order valence-corrected chi connectivity index (χ1v) is 16.1. The van der Waals surface area contributed by atoms with Crippen LogP contribution in [0.1, 0.15) is 79.3 Å². The van der Waals surface area contributed by atoms with Crippen LogP contribution in [0.3, 0.4) is 0 Å². The van der Waals surface area contributed by atoms with E-state index >= 15 is 0 Å². The fourth-order valence-electron chi connectivity index (χ4n) is 9.62. The number of imide groups is 2. The maximum atomic E-state index is 13.6. The number of esters is 1. The predicted molar refractivity (Wildman–Crippen MR) is 153 cm³/mol. The van der Waals surface area contributed by atoms with E-state index in [4.69, 9.17) is 4.74 Å². The molecule has 6 aliphatic rings. The van der Waals surface area contributed by atoms with E-state index in [9.17, 15) is 28.8 Å². The molecule has 9 atom stereocenters. The van der Waals surface area contributed by atoms with Crippen LogP contribution >= 0.6 is 0 Å². The molecule has 9 heteroatoms.